The van der Waals surface area contributed by atoms with Crippen molar-refractivity contribution >= 4 is 28.9 Å². The van der Waals surface area contributed by atoms with Crippen molar-refractivity contribution in [1.82, 2.24) is 4.90 Å². The van der Waals surface area contributed by atoms with Crippen molar-refractivity contribution in [3.05, 3.63) is 106 Å². The van der Waals surface area contributed by atoms with Crippen LogP contribution in [0.25, 0.3) is 0 Å². The van der Waals surface area contributed by atoms with E-state index in [1.54, 1.807) is 31.4 Å². The number of rotatable bonds is 4. The van der Waals surface area contributed by atoms with Crippen LogP contribution < -0.4 is 16.0 Å². The van der Waals surface area contributed by atoms with Crippen molar-refractivity contribution in [2.45, 2.75) is 43.4 Å². The summed E-state index contributed by atoms with van der Waals surface area (Å²) in [6.07, 6.45) is 2.54. The number of ether oxygens (including phenoxy) is 1. The lowest BCUT2D eigenvalue weighted by Gasteiger charge is -2.35. The number of nitrogens with one attached hydrogen (secondary N) is 1. The molecule has 1 saturated heterocycles. The molecule has 2 bridgehead atoms. The number of nitriles is 1. The molecule has 1 saturated carbocycles. The highest BCUT2D eigenvalue weighted by Gasteiger charge is 2.45. The summed E-state index contributed by atoms with van der Waals surface area (Å²) in [5, 5.41) is 13.1. The zero-order valence-corrected chi connectivity index (χ0v) is 24.4. The van der Waals surface area contributed by atoms with Crippen LogP contribution >= 0.6 is 11.6 Å². The van der Waals surface area contributed by atoms with E-state index in [0.717, 1.165) is 29.9 Å². The Hall–Kier alpha value is -3.90. The first kappa shape index (κ1) is 28.2. The predicted octanol–water partition coefficient (Wildman–Crippen LogP) is 5.74. The summed E-state index contributed by atoms with van der Waals surface area (Å²) in [7, 11) is 3.65. The Labute approximate surface area is 250 Å². The molecule has 0 spiro atoms. The SMILES string of the molecule is CO[C@@H]1C[C@H]2C(=O)Nc3cc(ccc3F)C(N)(c3cccc(C#N)c3)CCC3C/C3=C(\N(C)c3ccc(Cl)cc3)N2C1. The maximum absolute atomic E-state index is 15.2. The predicted molar refractivity (Wildman–Crippen MR) is 161 cm³/mol. The molecule has 3 aromatic carbocycles. The lowest BCUT2D eigenvalue weighted by atomic mass is 9.79. The number of methoxy groups -OCH3 is 1. The van der Waals surface area contributed by atoms with Gasteiger partial charge in [-0.25, -0.2) is 4.39 Å². The number of carbonyl (C=O) groups excluding carboxylic acids is 1. The number of nitrogens with two attached hydrogens (primary N) is 1. The molecule has 6 rings (SSSR count). The molecule has 3 aliphatic rings. The average molecular weight is 586 g/mol. The van der Waals surface area contributed by atoms with Crippen LogP contribution in [0.3, 0.4) is 0 Å². The third kappa shape index (κ3) is 5.13. The van der Waals surface area contributed by atoms with Crippen molar-refractivity contribution in [2.75, 3.05) is 30.9 Å². The topological polar surface area (TPSA) is 94.6 Å². The van der Waals surface area contributed by atoms with E-state index in [-0.39, 0.29) is 23.6 Å². The molecule has 2 heterocycles. The van der Waals surface area contributed by atoms with Crippen LogP contribution in [0, 0.1) is 23.1 Å². The van der Waals surface area contributed by atoms with E-state index in [0.29, 0.717) is 35.5 Å². The molecule has 9 heteroatoms. The largest absolute Gasteiger partial charge is 0.380 e. The Balaban J connectivity index is 1.48. The highest BCUT2D eigenvalue weighted by molar-refractivity contribution is 6.30. The summed E-state index contributed by atoms with van der Waals surface area (Å²) in [6.45, 7) is 0.530. The number of fused-ring (bicyclic) bond motifs is 4. The molecule has 1 amide bonds. The first-order valence-corrected chi connectivity index (χ1v) is 14.5. The fourth-order valence-corrected chi connectivity index (χ4v) is 6.55. The van der Waals surface area contributed by atoms with Gasteiger partial charge in [-0.2, -0.15) is 5.26 Å². The van der Waals surface area contributed by atoms with Crippen LogP contribution in [0.4, 0.5) is 15.8 Å². The number of hydrogen-bond donors (Lipinski definition) is 2. The molecule has 42 heavy (non-hydrogen) atoms. The summed E-state index contributed by atoms with van der Waals surface area (Å²) in [6, 6.07) is 21.2. The number of nitrogens with zero attached hydrogens (tertiary/aromatic N) is 3. The number of carbonyl (C=O) groups is 1. The quantitative estimate of drug-likeness (QED) is 0.405. The number of halogens is 2. The van der Waals surface area contributed by atoms with E-state index in [2.05, 4.69) is 21.2 Å². The Morgan fingerprint density at radius 1 is 1.17 bits per heavy atom. The van der Waals surface area contributed by atoms with Crippen molar-refractivity contribution in [1.29, 1.82) is 5.26 Å². The Bertz CT molecular complexity index is 1600. The van der Waals surface area contributed by atoms with Gasteiger partial charge in [0.05, 0.1) is 29.0 Å². The number of allylic oxidation sites excluding steroid dienone is 1. The molecule has 1 aliphatic carbocycles. The maximum atomic E-state index is 15.2. The monoisotopic (exact) mass is 585 g/mol. The molecule has 216 valence electrons. The fourth-order valence-electron chi connectivity index (χ4n) is 6.43. The van der Waals surface area contributed by atoms with Crippen LogP contribution in [0.2, 0.25) is 5.02 Å². The van der Waals surface area contributed by atoms with Crippen LogP contribution in [-0.4, -0.2) is 43.7 Å². The normalized spacial score (nSPS) is 27.0. The molecule has 4 atom stereocenters. The van der Waals surface area contributed by atoms with Crippen molar-refractivity contribution in [3.63, 3.8) is 0 Å². The summed E-state index contributed by atoms with van der Waals surface area (Å²) >= 11 is 6.19. The van der Waals surface area contributed by atoms with Crippen molar-refractivity contribution in [2.24, 2.45) is 11.7 Å². The van der Waals surface area contributed by atoms with Gasteiger partial charge < -0.3 is 25.6 Å². The first-order valence-electron chi connectivity index (χ1n) is 14.1. The first-order chi connectivity index (χ1) is 20.2. The third-order valence-electron chi connectivity index (χ3n) is 8.92. The van der Waals surface area contributed by atoms with E-state index in [4.69, 9.17) is 22.1 Å². The average Bonchev–Trinajstić information content (AvgIpc) is 3.63. The van der Waals surface area contributed by atoms with Gasteiger partial charge in [0.25, 0.3) is 0 Å². The minimum atomic E-state index is -0.999. The zero-order valence-electron chi connectivity index (χ0n) is 23.6. The van der Waals surface area contributed by atoms with Gasteiger partial charge in [0.2, 0.25) is 5.91 Å². The second kappa shape index (κ2) is 11.1. The Morgan fingerprint density at radius 2 is 1.93 bits per heavy atom. The lowest BCUT2D eigenvalue weighted by molar-refractivity contribution is -0.119. The van der Waals surface area contributed by atoms with Gasteiger partial charge >= 0.3 is 0 Å². The summed E-state index contributed by atoms with van der Waals surface area (Å²) < 4.78 is 20.9. The lowest BCUT2D eigenvalue weighted by Crippen LogP contribution is -2.43. The van der Waals surface area contributed by atoms with Gasteiger partial charge in [0, 0.05) is 37.8 Å². The molecule has 7 nitrogen and oxygen atoms in total. The molecule has 2 fully saturated rings. The minimum Gasteiger partial charge on any atom is -0.380 e. The van der Waals surface area contributed by atoms with Gasteiger partial charge in [-0.15, -0.1) is 0 Å². The smallest absolute Gasteiger partial charge is 0.247 e. The summed E-state index contributed by atoms with van der Waals surface area (Å²) in [4.78, 5) is 18.1. The molecule has 3 N–H and O–H groups in total. The van der Waals surface area contributed by atoms with Gasteiger partial charge in [-0.3, -0.25) is 4.79 Å². The molecule has 0 radical (unpaired) electrons. The molecular formula is C33H33ClFN5O2. The van der Waals surface area contributed by atoms with Crippen LogP contribution in [-0.2, 0) is 15.1 Å². The highest BCUT2D eigenvalue weighted by Crippen LogP contribution is 2.49. The Kier molecular flexibility index (Phi) is 7.44. The minimum absolute atomic E-state index is 0.0780. The standard InChI is InChI=1S/C33H33ClFN5O2/c1-39(25-9-7-24(34)8-10-25)32-27-15-21(27)12-13-33(37,22-5-3-4-20(14-22)18-36)23-6-11-28(35)29(16-23)38-31(41)30-17-26(42-2)19-40(30)32/h3-11,14,16,21,26,30H,12-13,15,17,19,37H2,1-2H3,(H,38,41)/b32-27-/t21?,26-,30+,33?/m1/s1. The van der Waals surface area contributed by atoms with E-state index < -0.39 is 17.4 Å². The Morgan fingerprint density at radius 3 is 2.67 bits per heavy atom. The van der Waals surface area contributed by atoms with E-state index in [9.17, 15) is 10.1 Å². The van der Waals surface area contributed by atoms with Gasteiger partial charge in [0.1, 0.15) is 17.7 Å². The summed E-state index contributed by atoms with van der Waals surface area (Å²) in [5.74, 6) is 0.367. The van der Waals surface area contributed by atoms with Crippen LogP contribution in [0.1, 0.15) is 42.4 Å². The molecule has 3 aromatic rings. The van der Waals surface area contributed by atoms with Crippen LogP contribution in [0.5, 0.6) is 0 Å². The fraction of sp³-hybridized carbons (Fsp3) is 0.333. The van der Waals surface area contributed by atoms with Gasteiger partial charge in [-0.05, 0) is 90.4 Å². The van der Waals surface area contributed by atoms with Crippen molar-refractivity contribution in [3.8, 4) is 6.07 Å². The van der Waals surface area contributed by atoms with Crippen molar-refractivity contribution < 1.29 is 13.9 Å². The van der Waals surface area contributed by atoms with Gasteiger partial charge in [-0.1, -0.05) is 29.8 Å². The molecule has 0 aromatic heterocycles. The summed E-state index contributed by atoms with van der Waals surface area (Å²) in [5.41, 5.74) is 10.4. The molecular weight excluding hydrogens is 553 g/mol. The van der Waals surface area contributed by atoms with Gasteiger partial charge in [0.15, 0.2) is 0 Å². The van der Waals surface area contributed by atoms with E-state index >= 15 is 4.39 Å². The number of hydrogen-bond acceptors (Lipinski definition) is 6. The second-order valence-corrected chi connectivity index (χ2v) is 11.9. The van der Waals surface area contributed by atoms with Crippen LogP contribution in [0.15, 0.2) is 78.1 Å². The second-order valence-electron chi connectivity index (χ2n) is 11.4. The maximum Gasteiger partial charge on any atom is 0.247 e. The number of benzene rings is 3. The number of anilines is 2. The molecule has 2 aliphatic heterocycles. The highest BCUT2D eigenvalue weighted by atomic mass is 35.5. The third-order valence-corrected chi connectivity index (χ3v) is 9.17. The van der Waals surface area contributed by atoms with E-state index in [1.165, 1.54) is 11.6 Å². The number of amides is 1. The molecule has 2 unspecified atom stereocenters. The zero-order chi connectivity index (χ0) is 29.6. The van der Waals surface area contributed by atoms with E-state index in [1.807, 2.05) is 43.4 Å².